The third kappa shape index (κ3) is 2.61. The van der Waals surface area contributed by atoms with E-state index in [9.17, 15) is 0 Å². The Morgan fingerprint density at radius 2 is 2.12 bits per heavy atom. The highest BCUT2D eigenvalue weighted by atomic mass is 79.9. The molecule has 90 valence electrons. The second kappa shape index (κ2) is 5.51. The molecule has 0 radical (unpaired) electrons. The summed E-state index contributed by atoms with van der Waals surface area (Å²) in [6.45, 7) is 0. The summed E-state index contributed by atoms with van der Waals surface area (Å²) >= 11 is 5.02. The van der Waals surface area contributed by atoms with Crippen LogP contribution in [0.1, 0.15) is 5.01 Å². The van der Waals surface area contributed by atoms with Crippen LogP contribution in [0.15, 0.2) is 23.6 Å². The Morgan fingerprint density at radius 1 is 1.29 bits per heavy atom. The molecule has 0 saturated heterocycles. The maximum absolute atomic E-state index is 5.34. The molecule has 0 bridgehead atoms. The van der Waals surface area contributed by atoms with Gasteiger partial charge in [-0.3, -0.25) is 0 Å². The highest BCUT2D eigenvalue weighted by molar-refractivity contribution is 9.08. The smallest absolute Gasteiger partial charge is 0.128 e. The van der Waals surface area contributed by atoms with Crippen molar-refractivity contribution < 1.29 is 9.47 Å². The van der Waals surface area contributed by atoms with Crippen molar-refractivity contribution in [3.05, 3.63) is 28.6 Å². The van der Waals surface area contributed by atoms with Gasteiger partial charge in [-0.05, 0) is 18.2 Å². The van der Waals surface area contributed by atoms with E-state index in [2.05, 4.69) is 20.9 Å². The van der Waals surface area contributed by atoms with Crippen molar-refractivity contribution in [2.24, 2.45) is 0 Å². The van der Waals surface area contributed by atoms with Gasteiger partial charge in [-0.15, -0.1) is 11.3 Å². The number of hydrogen-bond acceptors (Lipinski definition) is 4. The number of benzene rings is 1. The largest absolute Gasteiger partial charge is 0.497 e. The molecule has 2 rings (SSSR count). The second-order valence-corrected chi connectivity index (χ2v) is 4.83. The van der Waals surface area contributed by atoms with Crippen LogP contribution in [0.25, 0.3) is 11.3 Å². The van der Waals surface area contributed by atoms with Gasteiger partial charge < -0.3 is 9.47 Å². The molecule has 1 aromatic carbocycles. The fourth-order valence-electron chi connectivity index (χ4n) is 1.51. The molecule has 0 aliphatic heterocycles. The molecule has 3 nitrogen and oxygen atoms in total. The Labute approximate surface area is 113 Å². The molecule has 1 aromatic heterocycles. The predicted octanol–water partition coefficient (Wildman–Crippen LogP) is 3.72. The standard InChI is InChI=1S/C12H12BrNO2S/c1-15-8-3-4-11(16-2)9(5-8)10-7-17-12(6-13)14-10/h3-5,7H,6H2,1-2H3. The van der Waals surface area contributed by atoms with E-state index in [-0.39, 0.29) is 0 Å². The summed E-state index contributed by atoms with van der Waals surface area (Å²) in [4.78, 5) is 4.52. The lowest BCUT2D eigenvalue weighted by Crippen LogP contribution is -1.90. The summed E-state index contributed by atoms with van der Waals surface area (Å²) < 4.78 is 10.6. The zero-order valence-electron chi connectivity index (χ0n) is 9.57. The lowest BCUT2D eigenvalue weighted by molar-refractivity contribution is 0.404. The number of aromatic nitrogens is 1. The molecule has 2 aromatic rings. The molecule has 0 amide bonds. The van der Waals surface area contributed by atoms with Crippen molar-refractivity contribution in [3.63, 3.8) is 0 Å². The monoisotopic (exact) mass is 313 g/mol. The summed E-state index contributed by atoms with van der Waals surface area (Å²) in [5, 5.41) is 3.84. The Balaban J connectivity index is 2.47. The molecule has 17 heavy (non-hydrogen) atoms. The molecule has 0 aliphatic carbocycles. The van der Waals surface area contributed by atoms with Gasteiger partial charge in [0, 0.05) is 10.9 Å². The normalized spacial score (nSPS) is 10.3. The molecule has 1 heterocycles. The van der Waals surface area contributed by atoms with E-state index in [1.54, 1.807) is 25.6 Å². The topological polar surface area (TPSA) is 31.4 Å². The molecule has 0 saturated carbocycles. The van der Waals surface area contributed by atoms with E-state index in [0.29, 0.717) is 0 Å². The van der Waals surface area contributed by atoms with Gasteiger partial charge in [-0.1, -0.05) is 15.9 Å². The number of thiazole rings is 1. The van der Waals surface area contributed by atoms with E-state index in [1.807, 2.05) is 23.6 Å². The lowest BCUT2D eigenvalue weighted by Gasteiger charge is -2.08. The van der Waals surface area contributed by atoms with Crippen LogP contribution in [0.4, 0.5) is 0 Å². The first-order valence-corrected chi connectivity index (χ1v) is 7.01. The zero-order valence-corrected chi connectivity index (χ0v) is 12.0. The minimum absolute atomic E-state index is 0.768. The third-order valence-corrected chi connectivity index (χ3v) is 4.10. The first-order valence-electron chi connectivity index (χ1n) is 5.01. The second-order valence-electron chi connectivity index (χ2n) is 3.33. The third-order valence-electron chi connectivity index (χ3n) is 2.35. The van der Waals surface area contributed by atoms with Crippen molar-refractivity contribution >= 4 is 27.3 Å². The average Bonchev–Trinajstić information content (AvgIpc) is 2.86. The highest BCUT2D eigenvalue weighted by Gasteiger charge is 2.10. The van der Waals surface area contributed by atoms with Gasteiger partial charge in [0.15, 0.2) is 0 Å². The first-order chi connectivity index (χ1) is 8.28. The SMILES string of the molecule is COc1ccc(OC)c(-c2csc(CBr)n2)c1. The molecular weight excluding hydrogens is 302 g/mol. The Bertz CT molecular complexity index is 513. The van der Waals surface area contributed by atoms with E-state index in [0.717, 1.165) is 33.1 Å². The van der Waals surface area contributed by atoms with Crippen molar-refractivity contribution in [1.29, 1.82) is 0 Å². The lowest BCUT2D eigenvalue weighted by atomic mass is 10.1. The van der Waals surface area contributed by atoms with Crippen LogP contribution in [0.5, 0.6) is 11.5 Å². The van der Waals surface area contributed by atoms with Crippen LogP contribution in [0, 0.1) is 0 Å². The predicted molar refractivity (Wildman–Crippen MR) is 73.3 cm³/mol. The molecule has 5 heteroatoms. The van der Waals surface area contributed by atoms with Gasteiger partial charge in [0.2, 0.25) is 0 Å². The van der Waals surface area contributed by atoms with Gasteiger partial charge in [-0.25, -0.2) is 4.98 Å². The summed E-state index contributed by atoms with van der Waals surface area (Å²) in [6, 6.07) is 5.70. The van der Waals surface area contributed by atoms with Gasteiger partial charge >= 0.3 is 0 Å². The highest BCUT2D eigenvalue weighted by Crippen LogP contribution is 2.34. The Morgan fingerprint density at radius 3 is 2.71 bits per heavy atom. The van der Waals surface area contributed by atoms with E-state index in [1.165, 1.54) is 0 Å². The number of halogens is 1. The molecular formula is C12H12BrNO2S. The number of rotatable bonds is 4. The minimum Gasteiger partial charge on any atom is -0.497 e. The average molecular weight is 314 g/mol. The number of methoxy groups -OCH3 is 2. The number of ether oxygens (including phenoxy) is 2. The van der Waals surface area contributed by atoms with Crippen LogP contribution >= 0.6 is 27.3 Å². The summed E-state index contributed by atoms with van der Waals surface area (Å²) in [7, 11) is 3.31. The van der Waals surface area contributed by atoms with Crippen molar-refractivity contribution in [2.45, 2.75) is 5.33 Å². The Hall–Kier alpha value is -1.07. The van der Waals surface area contributed by atoms with Crippen LogP contribution in [-0.2, 0) is 5.33 Å². The van der Waals surface area contributed by atoms with Crippen LogP contribution in [-0.4, -0.2) is 19.2 Å². The first kappa shape index (κ1) is 12.4. The fraction of sp³-hybridized carbons (Fsp3) is 0.250. The van der Waals surface area contributed by atoms with Gasteiger partial charge in [-0.2, -0.15) is 0 Å². The molecule has 0 N–H and O–H groups in total. The number of nitrogens with zero attached hydrogens (tertiary/aromatic N) is 1. The fourth-order valence-corrected chi connectivity index (χ4v) is 2.67. The van der Waals surface area contributed by atoms with Gasteiger partial charge in [0.25, 0.3) is 0 Å². The Kier molecular flexibility index (Phi) is 4.02. The van der Waals surface area contributed by atoms with Crippen molar-refractivity contribution in [1.82, 2.24) is 4.98 Å². The van der Waals surface area contributed by atoms with E-state index in [4.69, 9.17) is 9.47 Å². The summed E-state index contributed by atoms with van der Waals surface area (Å²) in [5.41, 5.74) is 1.87. The number of hydrogen-bond donors (Lipinski definition) is 0. The van der Waals surface area contributed by atoms with Crippen LogP contribution in [0.3, 0.4) is 0 Å². The van der Waals surface area contributed by atoms with Crippen molar-refractivity contribution in [3.8, 4) is 22.8 Å². The summed E-state index contributed by atoms with van der Waals surface area (Å²) in [6.07, 6.45) is 0. The molecule has 0 fully saturated rings. The molecule has 0 unspecified atom stereocenters. The minimum atomic E-state index is 0.768. The van der Waals surface area contributed by atoms with Crippen LogP contribution in [0.2, 0.25) is 0 Å². The number of alkyl halides is 1. The maximum atomic E-state index is 5.34. The van der Waals surface area contributed by atoms with Gasteiger partial charge in [0.1, 0.15) is 16.5 Å². The zero-order chi connectivity index (χ0) is 12.3. The van der Waals surface area contributed by atoms with E-state index < -0.39 is 0 Å². The maximum Gasteiger partial charge on any atom is 0.128 e. The van der Waals surface area contributed by atoms with Crippen LogP contribution < -0.4 is 9.47 Å². The van der Waals surface area contributed by atoms with Crippen molar-refractivity contribution in [2.75, 3.05) is 14.2 Å². The molecule has 0 atom stereocenters. The molecule has 0 aliphatic rings. The van der Waals surface area contributed by atoms with E-state index >= 15 is 0 Å². The molecule has 0 spiro atoms. The summed E-state index contributed by atoms with van der Waals surface area (Å²) in [5.74, 6) is 1.60. The van der Waals surface area contributed by atoms with Gasteiger partial charge in [0.05, 0.1) is 25.2 Å². The quantitative estimate of drug-likeness (QED) is 0.806.